The summed E-state index contributed by atoms with van der Waals surface area (Å²) in [5.74, 6) is -0.584. The van der Waals surface area contributed by atoms with E-state index >= 15 is 0 Å². The Morgan fingerprint density at radius 1 is 1.17 bits per heavy atom. The summed E-state index contributed by atoms with van der Waals surface area (Å²) >= 11 is 1.36. The molecule has 0 unspecified atom stereocenters. The van der Waals surface area contributed by atoms with Gasteiger partial charge in [0, 0.05) is 6.54 Å². The molecular formula is C16H14N4O3S. The van der Waals surface area contributed by atoms with Crippen molar-refractivity contribution in [2.75, 3.05) is 0 Å². The van der Waals surface area contributed by atoms with E-state index in [1.165, 1.54) is 22.2 Å². The molecule has 0 radical (unpaired) electrons. The lowest BCUT2D eigenvalue weighted by molar-refractivity contribution is -0.120. The molecule has 0 atom stereocenters. The predicted octanol–water partition coefficient (Wildman–Crippen LogP) is 1.48. The molecule has 0 spiro atoms. The molecule has 0 aliphatic carbocycles. The summed E-state index contributed by atoms with van der Waals surface area (Å²) in [4.78, 5) is 40.5. The van der Waals surface area contributed by atoms with E-state index in [-0.39, 0.29) is 12.1 Å². The van der Waals surface area contributed by atoms with Crippen LogP contribution in [0.15, 0.2) is 52.9 Å². The van der Waals surface area contributed by atoms with Crippen molar-refractivity contribution in [3.8, 4) is 0 Å². The van der Waals surface area contributed by atoms with Gasteiger partial charge in [0.15, 0.2) is 0 Å². The highest BCUT2D eigenvalue weighted by atomic mass is 32.1. The monoisotopic (exact) mass is 342 g/mol. The molecule has 1 aromatic carbocycles. The van der Waals surface area contributed by atoms with Crippen molar-refractivity contribution in [3.63, 3.8) is 0 Å². The number of imide groups is 1. The Labute approximate surface area is 141 Å². The van der Waals surface area contributed by atoms with Crippen LogP contribution in [0.5, 0.6) is 0 Å². The molecule has 3 aromatic rings. The van der Waals surface area contributed by atoms with Crippen molar-refractivity contribution in [2.24, 2.45) is 0 Å². The third kappa shape index (κ3) is 3.66. The van der Waals surface area contributed by atoms with Crippen molar-refractivity contribution >= 4 is 33.5 Å². The Hall–Kier alpha value is -3.00. The molecule has 0 fully saturated rings. The fourth-order valence-electron chi connectivity index (χ4n) is 2.15. The average Bonchev–Trinajstić information content (AvgIpc) is 3.06. The molecule has 2 N–H and O–H groups in total. The first-order valence-corrected chi connectivity index (χ1v) is 8.06. The first-order valence-electron chi connectivity index (χ1n) is 7.18. The van der Waals surface area contributed by atoms with Gasteiger partial charge in [0.2, 0.25) is 5.91 Å². The molecule has 0 saturated heterocycles. The second kappa shape index (κ2) is 7.05. The second-order valence-electron chi connectivity index (χ2n) is 5.03. The van der Waals surface area contributed by atoms with Crippen LogP contribution < -0.4 is 16.2 Å². The van der Waals surface area contributed by atoms with E-state index < -0.39 is 11.9 Å². The van der Waals surface area contributed by atoms with E-state index in [0.717, 1.165) is 5.56 Å². The molecule has 0 aliphatic rings. The molecule has 8 heteroatoms. The van der Waals surface area contributed by atoms with E-state index in [1.54, 1.807) is 11.4 Å². The van der Waals surface area contributed by atoms with Gasteiger partial charge < -0.3 is 5.32 Å². The smallest absolute Gasteiger partial charge is 0.321 e. The zero-order valence-corrected chi connectivity index (χ0v) is 13.4. The van der Waals surface area contributed by atoms with Gasteiger partial charge in [-0.05, 0) is 17.0 Å². The Balaban J connectivity index is 1.57. The predicted molar refractivity (Wildman–Crippen MR) is 90.7 cm³/mol. The Kier molecular flexibility index (Phi) is 4.66. The van der Waals surface area contributed by atoms with Gasteiger partial charge in [-0.15, -0.1) is 11.3 Å². The molecule has 0 aliphatic heterocycles. The van der Waals surface area contributed by atoms with Crippen LogP contribution in [0.4, 0.5) is 4.79 Å². The summed E-state index contributed by atoms with van der Waals surface area (Å²) in [6.45, 7) is 0.0404. The fraction of sp³-hybridized carbons (Fsp3) is 0.125. The Morgan fingerprint density at radius 2 is 1.96 bits per heavy atom. The van der Waals surface area contributed by atoms with Gasteiger partial charge >= 0.3 is 6.03 Å². The first-order chi connectivity index (χ1) is 11.6. The van der Waals surface area contributed by atoms with E-state index in [2.05, 4.69) is 15.6 Å². The summed E-state index contributed by atoms with van der Waals surface area (Å²) in [7, 11) is 0. The van der Waals surface area contributed by atoms with Crippen LogP contribution in [-0.2, 0) is 17.9 Å². The van der Waals surface area contributed by atoms with Crippen molar-refractivity contribution in [1.82, 2.24) is 20.2 Å². The first kappa shape index (κ1) is 15.9. The van der Waals surface area contributed by atoms with Gasteiger partial charge in [-0.3, -0.25) is 19.5 Å². The normalized spacial score (nSPS) is 10.5. The number of amides is 3. The average molecular weight is 342 g/mol. The number of rotatable bonds is 4. The standard InChI is InChI=1S/C16H14N4O3S/c21-13(19-16(23)17-8-11-4-2-1-3-5-11)9-20-10-18-14-12(15(20)22)6-7-24-14/h1-7,10H,8-9H2,(H2,17,19,21,23). The summed E-state index contributed by atoms with van der Waals surface area (Å²) < 4.78 is 1.18. The molecule has 122 valence electrons. The quantitative estimate of drug-likeness (QED) is 0.751. The van der Waals surface area contributed by atoms with Gasteiger partial charge in [0.05, 0.1) is 11.7 Å². The molecular weight excluding hydrogens is 328 g/mol. The number of aromatic nitrogens is 2. The highest BCUT2D eigenvalue weighted by Gasteiger charge is 2.11. The lowest BCUT2D eigenvalue weighted by Crippen LogP contribution is -2.41. The number of hydrogen-bond acceptors (Lipinski definition) is 5. The molecule has 0 bridgehead atoms. The lowest BCUT2D eigenvalue weighted by Gasteiger charge is -2.08. The van der Waals surface area contributed by atoms with Crippen LogP contribution in [0.2, 0.25) is 0 Å². The fourth-order valence-corrected chi connectivity index (χ4v) is 2.87. The number of fused-ring (bicyclic) bond motifs is 1. The number of hydrogen-bond donors (Lipinski definition) is 2. The number of benzene rings is 1. The van der Waals surface area contributed by atoms with Crippen LogP contribution in [0.3, 0.4) is 0 Å². The molecule has 3 amide bonds. The maximum absolute atomic E-state index is 12.2. The maximum Gasteiger partial charge on any atom is 0.321 e. The number of nitrogens with zero attached hydrogens (tertiary/aromatic N) is 2. The third-order valence-electron chi connectivity index (χ3n) is 3.31. The van der Waals surface area contributed by atoms with Crippen molar-refractivity contribution in [3.05, 3.63) is 64.0 Å². The number of thiophene rings is 1. The zero-order valence-electron chi connectivity index (χ0n) is 12.6. The number of carbonyl (C=O) groups is 2. The summed E-state index contributed by atoms with van der Waals surface area (Å²) in [6, 6.07) is 10.4. The van der Waals surface area contributed by atoms with Crippen LogP contribution in [0.25, 0.3) is 10.2 Å². The SMILES string of the molecule is O=C(Cn1cnc2sccc2c1=O)NC(=O)NCc1ccccc1. The van der Waals surface area contributed by atoms with E-state index in [9.17, 15) is 14.4 Å². The van der Waals surface area contributed by atoms with Crippen molar-refractivity contribution in [1.29, 1.82) is 0 Å². The van der Waals surface area contributed by atoms with Crippen LogP contribution in [-0.4, -0.2) is 21.5 Å². The third-order valence-corrected chi connectivity index (χ3v) is 4.13. The molecule has 7 nitrogen and oxygen atoms in total. The van der Waals surface area contributed by atoms with Crippen molar-refractivity contribution < 1.29 is 9.59 Å². The Bertz CT molecular complexity index is 933. The highest BCUT2D eigenvalue weighted by molar-refractivity contribution is 7.16. The second-order valence-corrected chi connectivity index (χ2v) is 5.93. The minimum atomic E-state index is -0.610. The van der Waals surface area contributed by atoms with Crippen molar-refractivity contribution in [2.45, 2.75) is 13.1 Å². The van der Waals surface area contributed by atoms with Crippen LogP contribution in [0.1, 0.15) is 5.56 Å². The van der Waals surface area contributed by atoms with E-state index in [0.29, 0.717) is 16.8 Å². The molecule has 2 heterocycles. The van der Waals surface area contributed by atoms with Gasteiger partial charge in [-0.25, -0.2) is 9.78 Å². The van der Waals surface area contributed by atoms with E-state index in [4.69, 9.17) is 0 Å². The maximum atomic E-state index is 12.2. The summed E-state index contributed by atoms with van der Waals surface area (Å²) in [5.41, 5.74) is 0.615. The largest absolute Gasteiger partial charge is 0.334 e. The van der Waals surface area contributed by atoms with Gasteiger partial charge in [-0.1, -0.05) is 30.3 Å². The molecule has 3 rings (SSSR count). The number of urea groups is 1. The topological polar surface area (TPSA) is 93.1 Å². The highest BCUT2D eigenvalue weighted by Crippen LogP contribution is 2.13. The summed E-state index contributed by atoms with van der Waals surface area (Å²) in [6.07, 6.45) is 1.31. The number of carbonyl (C=O) groups excluding carboxylic acids is 2. The molecule has 0 saturated carbocycles. The van der Waals surface area contributed by atoms with Gasteiger partial charge in [0.25, 0.3) is 5.56 Å². The Morgan fingerprint density at radius 3 is 2.75 bits per heavy atom. The number of nitrogens with one attached hydrogen (secondary N) is 2. The minimum Gasteiger partial charge on any atom is -0.334 e. The molecule has 2 aromatic heterocycles. The van der Waals surface area contributed by atoms with Crippen LogP contribution >= 0.6 is 11.3 Å². The van der Waals surface area contributed by atoms with Gasteiger partial charge in [0.1, 0.15) is 11.4 Å². The van der Waals surface area contributed by atoms with E-state index in [1.807, 2.05) is 30.3 Å². The molecule has 24 heavy (non-hydrogen) atoms. The minimum absolute atomic E-state index is 0.267. The van der Waals surface area contributed by atoms with Crippen LogP contribution in [0, 0.1) is 0 Å². The zero-order chi connectivity index (χ0) is 16.9. The lowest BCUT2D eigenvalue weighted by atomic mass is 10.2. The van der Waals surface area contributed by atoms with Gasteiger partial charge in [-0.2, -0.15) is 0 Å². The summed E-state index contributed by atoms with van der Waals surface area (Å²) in [5, 5.41) is 7.00.